The van der Waals surface area contributed by atoms with Gasteiger partial charge in [0.15, 0.2) is 9.84 Å². The van der Waals surface area contributed by atoms with Crippen LogP contribution in [0.2, 0.25) is 0 Å². The maximum atomic E-state index is 11.7. The van der Waals surface area contributed by atoms with Crippen molar-refractivity contribution in [2.75, 3.05) is 18.7 Å². The highest BCUT2D eigenvalue weighted by molar-refractivity contribution is 7.90. The standard InChI is InChI=1S/C12H14ClNO3S/c1-18(16,17)11-6-4-5-10(9-11)12(15)14-8-3-2-7-13/h2-6,9H,7-8H2,1H3,(H,14,15)/b3-2+. The maximum absolute atomic E-state index is 11.7. The van der Waals surface area contributed by atoms with Crippen LogP contribution in [-0.2, 0) is 9.84 Å². The summed E-state index contributed by atoms with van der Waals surface area (Å²) in [5.74, 6) is 0.0686. The number of carbonyl (C=O) groups is 1. The van der Waals surface area contributed by atoms with Gasteiger partial charge < -0.3 is 5.32 Å². The first kappa shape index (κ1) is 14.7. The number of benzene rings is 1. The first-order chi connectivity index (χ1) is 8.45. The van der Waals surface area contributed by atoms with Gasteiger partial charge in [-0.25, -0.2) is 8.42 Å². The van der Waals surface area contributed by atoms with Gasteiger partial charge in [0.05, 0.1) is 4.90 Å². The first-order valence-corrected chi connectivity index (χ1v) is 7.67. The van der Waals surface area contributed by atoms with Crippen molar-refractivity contribution in [3.8, 4) is 0 Å². The molecule has 0 heterocycles. The van der Waals surface area contributed by atoms with Crippen LogP contribution in [0.4, 0.5) is 0 Å². The molecule has 1 aromatic carbocycles. The molecule has 1 amide bonds. The summed E-state index contributed by atoms with van der Waals surface area (Å²) in [6, 6.07) is 5.92. The lowest BCUT2D eigenvalue weighted by Gasteiger charge is -2.04. The van der Waals surface area contributed by atoms with Gasteiger partial charge in [0.2, 0.25) is 0 Å². The number of rotatable bonds is 5. The number of amides is 1. The molecule has 0 saturated heterocycles. The Hall–Kier alpha value is -1.33. The monoisotopic (exact) mass is 287 g/mol. The quantitative estimate of drug-likeness (QED) is 0.661. The van der Waals surface area contributed by atoms with E-state index in [0.29, 0.717) is 18.0 Å². The zero-order valence-corrected chi connectivity index (χ0v) is 11.5. The second kappa shape index (κ2) is 6.56. The Balaban J connectivity index is 2.78. The van der Waals surface area contributed by atoms with Crippen LogP contribution >= 0.6 is 11.6 Å². The average Bonchev–Trinajstić information content (AvgIpc) is 2.33. The Kier molecular flexibility index (Phi) is 5.37. The van der Waals surface area contributed by atoms with Gasteiger partial charge in [-0.3, -0.25) is 4.79 Å². The van der Waals surface area contributed by atoms with Crippen molar-refractivity contribution in [2.24, 2.45) is 0 Å². The summed E-state index contributed by atoms with van der Waals surface area (Å²) in [6.45, 7) is 0.356. The molecule has 1 N–H and O–H groups in total. The van der Waals surface area contributed by atoms with Crippen molar-refractivity contribution in [2.45, 2.75) is 4.90 Å². The molecule has 6 heteroatoms. The van der Waals surface area contributed by atoms with Gasteiger partial charge in [0, 0.05) is 24.2 Å². The van der Waals surface area contributed by atoms with Crippen molar-refractivity contribution in [3.05, 3.63) is 42.0 Å². The lowest BCUT2D eigenvalue weighted by Crippen LogP contribution is -2.23. The molecular weight excluding hydrogens is 274 g/mol. The van der Waals surface area contributed by atoms with Gasteiger partial charge in [-0.05, 0) is 18.2 Å². The fourth-order valence-electron chi connectivity index (χ4n) is 1.27. The van der Waals surface area contributed by atoms with E-state index in [1.807, 2.05) is 0 Å². The predicted molar refractivity (Wildman–Crippen MR) is 71.7 cm³/mol. The molecule has 0 fully saturated rings. The number of hydrogen-bond donors (Lipinski definition) is 1. The van der Waals surface area contributed by atoms with Crippen LogP contribution in [0.1, 0.15) is 10.4 Å². The smallest absolute Gasteiger partial charge is 0.251 e. The fraction of sp³-hybridized carbons (Fsp3) is 0.250. The van der Waals surface area contributed by atoms with Gasteiger partial charge in [-0.2, -0.15) is 0 Å². The molecule has 0 aliphatic carbocycles. The van der Waals surface area contributed by atoms with Crippen LogP contribution in [0, 0.1) is 0 Å². The molecule has 1 rings (SSSR count). The minimum absolute atomic E-state index is 0.131. The number of carbonyl (C=O) groups excluding carboxylic acids is 1. The van der Waals surface area contributed by atoms with Gasteiger partial charge in [0.1, 0.15) is 0 Å². The van der Waals surface area contributed by atoms with E-state index in [-0.39, 0.29) is 10.8 Å². The van der Waals surface area contributed by atoms with E-state index < -0.39 is 9.84 Å². The number of alkyl halides is 1. The molecule has 0 saturated carbocycles. The highest BCUT2D eigenvalue weighted by Crippen LogP contribution is 2.11. The molecule has 0 aromatic heterocycles. The summed E-state index contributed by atoms with van der Waals surface area (Å²) >= 11 is 5.44. The van der Waals surface area contributed by atoms with E-state index in [0.717, 1.165) is 6.26 Å². The molecule has 1 aromatic rings. The van der Waals surface area contributed by atoms with Gasteiger partial charge >= 0.3 is 0 Å². The van der Waals surface area contributed by atoms with E-state index in [9.17, 15) is 13.2 Å². The average molecular weight is 288 g/mol. The predicted octanol–water partition coefficient (Wildman–Crippen LogP) is 1.61. The van der Waals surface area contributed by atoms with Crippen LogP contribution in [0.5, 0.6) is 0 Å². The van der Waals surface area contributed by atoms with Crippen LogP contribution < -0.4 is 5.32 Å². The van der Waals surface area contributed by atoms with E-state index in [4.69, 9.17) is 11.6 Å². The molecule has 0 aliphatic rings. The van der Waals surface area contributed by atoms with Crippen molar-refractivity contribution >= 4 is 27.3 Å². The zero-order chi connectivity index (χ0) is 13.6. The SMILES string of the molecule is CS(=O)(=O)c1cccc(C(=O)NC/C=C/CCl)c1. The summed E-state index contributed by atoms with van der Waals surface area (Å²) in [5.41, 5.74) is 0.317. The van der Waals surface area contributed by atoms with Crippen LogP contribution in [-0.4, -0.2) is 33.0 Å². The molecule has 98 valence electrons. The molecule has 0 aliphatic heterocycles. The highest BCUT2D eigenvalue weighted by Gasteiger charge is 2.10. The number of halogens is 1. The Morgan fingerprint density at radius 3 is 2.72 bits per heavy atom. The van der Waals surface area contributed by atoms with Crippen molar-refractivity contribution in [3.63, 3.8) is 0 Å². The second-order valence-electron chi connectivity index (χ2n) is 3.64. The normalized spacial score (nSPS) is 11.7. The van der Waals surface area contributed by atoms with Crippen molar-refractivity contribution in [1.82, 2.24) is 5.32 Å². The zero-order valence-electron chi connectivity index (χ0n) is 9.89. The third-order valence-electron chi connectivity index (χ3n) is 2.16. The molecule has 18 heavy (non-hydrogen) atoms. The number of hydrogen-bond acceptors (Lipinski definition) is 3. The molecular formula is C12H14ClNO3S. The van der Waals surface area contributed by atoms with Crippen molar-refractivity contribution in [1.29, 1.82) is 0 Å². The molecule has 0 unspecified atom stereocenters. The third kappa shape index (κ3) is 4.50. The topological polar surface area (TPSA) is 63.2 Å². The van der Waals surface area contributed by atoms with Crippen LogP contribution in [0.15, 0.2) is 41.3 Å². The summed E-state index contributed by atoms with van der Waals surface area (Å²) in [7, 11) is -3.30. The Morgan fingerprint density at radius 2 is 2.11 bits per heavy atom. The number of allylic oxidation sites excluding steroid dienone is 1. The third-order valence-corrected chi connectivity index (χ3v) is 3.45. The molecule has 0 spiro atoms. The summed E-state index contributed by atoms with van der Waals surface area (Å²) in [4.78, 5) is 11.8. The van der Waals surface area contributed by atoms with E-state index in [1.165, 1.54) is 12.1 Å². The van der Waals surface area contributed by atoms with Crippen molar-refractivity contribution < 1.29 is 13.2 Å². The van der Waals surface area contributed by atoms with Crippen LogP contribution in [0.25, 0.3) is 0 Å². The van der Waals surface area contributed by atoms with E-state index >= 15 is 0 Å². The van der Waals surface area contributed by atoms with Crippen LogP contribution in [0.3, 0.4) is 0 Å². The molecule has 0 bridgehead atoms. The maximum Gasteiger partial charge on any atom is 0.251 e. The highest BCUT2D eigenvalue weighted by atomic mass is 35.5. The minimum Gasteiger partial charge on any atom is -0.349 e. The number of sulfone groups is 1. The summed E-state index contributed by atoms with van der Waals surface area (Å²) < 4.78 is 22.7. The Labute approximate surface area is 112 Å². The summed E-state index contributed by atoms with van der Waals surface area (Å²) in [5, 5.41) is 2.63. The first-order valence-electron chi connectivity index (χ1n) is 5.24. The lowest BCUT2D eigenvalue weighted by atomic mass is 10.2. The Morgan fingerprint density at radius 1 is 1.39 bits per heavy atom. The fourth-order valence-corrected chi connectivity index (χ4v) is 2.06. The molecule has 4 nitrogen and oxygen atoms in total. The minimum atomic E-state index is -3.30. The molecule has 0 atom stereocenters. The summed E-state index contributed by atoms with van der Waals surface area (Å²) in [6.07, 6.45) is 4.55. The largest absolute Gasteiger partial charge is 0.349 e. The molecule has 0 radical (unpaired) electrons. The number of nitrogens with one attached hydrogen (secondary N) is 1. The Bertz CT molecular complexity index is 552. The van der Waals surface area contributed by atoms with E-state index in [1.54, 1.807) is 24.3 Å². The van der Waals surface area contributed by atoms with Gasteiger partial charge in [0.25, 0.3) is 5.91 Å². The van der Waals surface area contributed by atoms with Gasteiger partial charge in [-0.15, -0.1) is 11.6 Å². The van der Waals surface area contributed by atoms with E-state index in [2.05, 4.69) is 5.32 Å². The lowest BCUT2D eigenvalue weighted by molar-refractivity contribution is 0.0958. The second-order valence-corrected chi connectivity index (χ2v) is 5.96. The van der Waals surface area contributed by atoms with Gasteiger partial charge in [-0.1, -0.05) is 18.2 Å².